The van der Waals surface area contributed by atoms with Crippen molar-refractivity contribution in [3.63, 3.8) is 0 Å². The summed E-state index contributed by atoms with van der Waals surface area (Å²) < 4.78 is 27.3. The van der Waals surface area contributed by atoms with Crippen LogP contribution in [-0.4, -0.2) is 13.4 Å². The van der Waals surface area contributed by atoms with E-state index in [1.807, 2.05) is 43.3 Å². The third-order valence-electron chi connectivity index (χ3n) is 4.20. The number of H-pyrrole nitrogens is 1. The molecule has 0 bridgehead atoms. The summed E-state index contributed by atoms with van der Waals surface area (Å²) in [7, 11) is -3.43. The quantitative estimate of drug-likeness (QED) is 0.738. The molecule has 25 heavy (non-hydrogen) atoms. The summed E-state index contributed by atoms with van der Waals surface area (Å²) in [5.41, 5.74) is 3.85. The highest BCUT2D eigenvalue weighted by atomic mass is 32.2. The molecule has 0 aliphatic rings. The summed E-state index contributed by atoms with van der Waals surface area (Å²) in [6.07, 6.45) is 0. The molecule has 0 aliphatic heterocycles. The van der Waals surface area contributed by atoms with Gasteiger partial charge in [0.25, 0.3) is 5.56 Å². The number of aromatic amines is 1. The van der Waals surface area contributed by atoms with Gasteiger partial charge in [-0.15, -0.1) is 0 Å². The van der Waals surface area contributed by atoms with Crippen LogP contribution in [0.4, 0.5) is 0 Å². The van der Waals surface area contributed by atoms with Crippen molar-refractivity contribution in [1.29, 1.82) is 0 Å². The molecule has 6 heteroatoms. The molecule has 5 nitrogen and oxygen atoms in total. The number of aryl methyl sites for hydroxylation is 2. The molecule has 0 atom stereocenters. The van der Waals surface area contributed by atoms with Gasteiger partial charge in [0.15, 0.2) is 0 Å². The third kappa shape index (κ3) is 4.15. The number of aromatic nitrogens is 1. The van der Waals surface area contributed by atoms with Gasteiger partial charge >= 0.3 is 0 Å². The second kappa shape index (κ2) is 6.82. The minimum atomic E-state index is -3.43. The van der Waals surface area contributed by atoms with Gasteiger partial charge in [0.2, 0.25) is 10.0 Å². The highest BCUT2D eigenvalue weighted by Crippen LogP contribution is 2.15. The summed E-state index contributed by atoms with van der Waals surface area (Å²) in [5, 5.41) is 0.882. The second-order valence-electron chi connectivity index (χ2n) is 6.21. The van der Waals surface area contributed by atoms with Gasteiger partial charge in [-0.05, 0) is 54.1 Å². The first-order valence-corrected chi connectivity index (χ1v) is 9.64. The fourth-order valence-electron chi connectivity index (χ4n) is 2.70. The Balaban J connectivity index is 1.76. The lowest BCUT2D eigenvalue weighted by Crippen LogP contribution is -2.25. The number of hydrogen-bond acceptors (Lipinski definition) is 3. The monoisotopic (exact) mass is 356 g/mol. The van der Waals surface area contributed by atoms with E-state index in [0.717, 1.165) is 27.6 Å². The zero-order chi connectivity index (χ0) is 18.0. The molecule has 3 rings (SSSR count). The maximum Gasteiger partial charge on any atom is 0.251 e. The second-order valence-corrected chi connectivity index (χ2v) is 8.02. The predicted octanol–water partition coefficient (Wildman–Crippen LogP) is 2.76. The van der Waals surface area contributed by atoms with E-state index in [1.54, 1.807) is 19.1 Å². The fourth-order valence-corrected chi connectivity index (χ4v) is 3.92. The van der Waals surface area contributed by atoms with Crippen molar-refractivity contribution in [2.45, 2.75) is 26.1 Å². The van der Waals surface area contributed by atoms with Crippen LogP contribution in [0.2, 0.25) is 0 Å². The van der Waals surface area contributed by atoms with Gasteiger partial charge in [-0.3, -0.25) is 4.79 Å². The van der Waals surface area contributed by atoms with Crippen molar-refractivity contribution < 1.29 is 8.42 Å². The average molecular weight is 356 g/mol. The lowest BCUT2D eigenvalue weighted by molar-refractivity contribution is 0.580. The summed E-state index contributed by atoms with van der Waals surface area (Å²) in [5.74, 6) is -0.0420. The van der Waals surface area contributed by atoms with Gasteiger partial charge in [-0.25, -0.2) is 13.1 Å². The largest absolute Gasteiger partial charge is 0.322 e. The molecular formula is C19H20N2O3S. The first kappa shape index (κ1) is 17.4. The molecule has 0 fully saturated rings. The van der Waals surface area contributed by atoms with E-state index in [9.17, 15) is 13.2 Å². The van der Waals surface area contributed by atoms with E-state index in [2.05, 4.69) is 9.71 Å². The molecule has 0 saturated heterocycles. The zero-order valence-electron chi connectivity index (χ0n) is 14.2. The molecule has 0 aliphatic carbocycles. The minimum absolute atomic E-state index is 0.0420. The van der Waals surface area contributed by atoms with Crippen LogP contribution in [0.1, 0.15) is 22.3 Å². The Kier molecular flexibility index (Phi) is 4.74. The number of hydrogen-bond donors (Lipinski definition) is 2. The van der Waals surface area contributed by atoms with Crippen molar-refractivity contribution in [2.75, 3.05) is 0 Å². The van der Waals surface area contributed by atoms with Crippen molar-refractivity contribution in [2.24, 2.45) is 0 Å². The topological polar surface area (TPSA) is 79.0 Å². The Morgan fingerprint density at radius 3 is 2.52 bits per heavy atom. The summed E-state index contributed by atoms with van der Waals surface area (Å²) in [4.78, 5) is 14.4. The SMILES string of the molecule is Cc1ccccc1CS(=O)(=O)NCc1ccc2[nH]c(=O)c(C)cc2c1. The number of sulfonamides is 1. The van der Waals surface area contributed by atoms with Gasteiger partial charge in [-0.2, -0.15) is 0 Å². The average Bonchev–Trinajstić information content (AvgIpc) is 2.56. The van der Waals surface area contributed by atoms with Gasteiger partial charge < -0.3 is 4.98 Å². The number of benzene rings is 2. The number of fused-ring (bicyclic) bond motifs is 1. The van der Waals surface area contributed by atoms with Crippen LogP contribution >= 0.6 is 0 Å². The molecule has 1 aromatic heterocycles. The standard InChI is InChI=1S/C19H20N2O3S/c1-13-5-3-4-6-16(13)12-25(23,24)20-11-15-7-8-18-17(10-15)9-14(2)19(22)21-18/h3-10,20H,11-12H2,1-2H3,(H,21,22). The van der Waals surface area contributed by atoms with Crippen LogP contribution in [0.15, 0.2) is 53.3 Å². The Bertz CT molecular complexity index is 1090. The van der Waals surface area contributed by atoms with Crippen molar-refractivity contribution in [1.82, 2.24) is 9.71 Å². The van der Waals surface area contributed by atoms with Crippen LogP contribution in [0.3, 0.4) is 0 Å². The summed E-state index contributed by atoms with van der Waals surface area (Å²) in [6.45, 7) is 3.86. The summed E-state index contributed by atoms with van der Waals surface area (Å²) in [6, 6.07) is 14.7. The Hall–Kier alpha value is -2.44. The highest BCUT2D eigenvalue weighted by Gasteiger charge is 2.13. The maximum atomic E-state index is 12.3. The third-order valence-corrected chi connectivity index (χ3v) is 5.47. The molecule has 0 amide bonds. The molecule has 0 saturated carbocycles. The van der Waals surface area contributed by atoms with Crippen LogP contribution in [0, 0.1) is 13.8 Å². The Morgan fingerprint density at radius 2 is 1.76 bits per heavy atom. The van der Waals surface area contributed by atoms with E-state index < -0.39 is 10.0 Å². The highest BCUT2D eigenvalue weighted by molar-refractivity contribution is 7.88. The lowest BCUT2D eigenvalue weighted by atomic mass is 10.1. The Morgan fingerprint density at radius 1 is 1.00 bits per heavy atom. The van der Waals surface area contributed by atoms with Crippen LogP contribution < -0.4 is 10.3 Å². The van der Waals surface area contributed by atoms with E-state index in [4.69, 9.17) is 0 Å². The number of nitrogens with one attached hydrogen (secondary N) is 2. The molecule has 0 radical (unpaired) electrons. The molecule has 1 heterocycles. The maximum absolute atomic E-state index is 12.3. The zero-order valence-corrected chi connectivity index (χ0v) is 15.0. The minimum Gasteiger partial charge on any atom is -0.322 e. The first-order valence-electron chi connectivity index (χ1n) is 7.98. The van der Waals surface area contributed by atoms with Gasteiger partial charge in [-0.1, -0.05) is 30.3 Å². The summed E-state index contributed by atoms with van der Waals surface area (Å²) >= 11 is 0. The predicted molar refractivity (Wildman–Crippen MR) is 99.9 cm³/mol. The first-order chi connectivity index (χ1) is 11.8. The van der Waals surface area contributed by atoms with Crippen LogP contribution in [0.25, 0.3) is 10.9 Å². The van der Waals surface area contributed by atoms with Gasteiger partial charge in [0, 0.05) is 17.6 Å². The Labute approximate surface area is 146 Å². The van der Waals surface area contributed by atoms with Gasteiger partial charge in [0.1, 0.15) is 0 Å². The molecule has 0 spiro atoms. The van der Waals surface area contributed by atoms with E-state index in [0.29, 0.717) is 5.56 Å². The molecule has 3 aromatic rings. The smallest absolute Gasteiger partial charge is 0.251 e. The van der Waals surface area contributed by atoms with E-state index >= 15 is 0 Å². The normalized spacial score (nSPS) is 11.8. The van der Waals surface area contributed by atoms with E-state index in [-0.39, 0.29) is 17.9 Å². The van der Waals surface area contributed by atoms with Crippen molar-refractivity contribution in [3.05, 3.63) is 81.1 Å². The van der Waals surface area contributed by atoms with Crippen molar-refractivity contribution in [3.8, 4) is 0 Å². The van der Waals surface area contributed by atoms with Crippen molar-refractivity contribution >= 4 is 20.9 Å². The van der Waals surface area contributed by atoms with Gasteiger partial charge in [0.05, 0.1) is 5.75 Å². The molecule has 2 aromatic carbocycles. The number of rotatable bonds is 5. The lowest BCUT2D eigenvalue weighted by Gasteiger charge is -2.09. The molecular weight excluding hydrogens is 336 g/mol. The molecule has 130 valence electrons. The van der Waals surface area contributed by atoms with Crippen LogP contribution in [0.5, 0.6) is 0 Å². The molecule has 0 unspecified atom stereocenters. The molecule has 2 N–H and O–H groups in total. The van der Waals surface area contributed by atoms with Crippen LogP contribution in [-0.2, 0) is 22.3 Å². The number of pyridine rings is 1. The van der Waals surface area contributed by atoms with E-state index in [1.165, 1.54) is 0 Å². The fraction of sp³-hybridized carbons (Fsp3) is 0.211.